The fraction of sp³-hybridized carbons (Fsp3) is 0.333. The van der Waals surface area contributed by atoms with Crippen molar-refractivity contribution in [1.29, 1.82) is 0 Å². The number of hydrogen-bond acceptors (Lipinski definition) is 1. The lowest BCUT2D eigenvalue weighted by Gasteiger charge is -2.15. The van der Waals surface area contributed by atoms with Crippen LogP contribution in [0.25, 0.3) is 0 Å². The number of hydrogen-bond donors (Lipinski definition) is 1. The Bertz CT molecular complexity index is 560. The molecule has 2 aromatic carbocycles. The molecule has 0 radical (unpaired) electrons. The number of nitrogens with one attached hydrogen (secondary N) is 1. The first-order chi connectivity index (χ1) is 9.54. The Morgan fingerprint density at radius 1 is 1.05 bits per heavy atom. The summed E-state index contributed by atoms with van der Waals surface area (Å²) in [5.74, 6) is -0.176. The molecule has 0 saturated carbocycles. The maximum atomic E-state index is 12.9. The van der Waals surface area contributed by atoms with Crippen LogP contribution in [0.15, 0.2) is 42.5 Å². The van der Waals surface area contributed by atoms with Crippen molar-refractivity contribution in [3.05, 3.63) is 70.5 Å². The van der Waals surface area contributed by atoms with Gasteiger partial charge in [-0.1, -0.05) is 35.9 Å². The summed E-state index contributed by atoms with van der Waals surface area (Å²) in [4.78, 5) is 0. The van der Waals surface area contributed by atoms with Crippen molar-refractivity contribution in [2.75, 3.05) is 0 Å². The minimum Gasteiger partial charge on any atom is -0.310 e. The molecule has 20 heavy (non-hydrogen) atoms. The molecule has 2 heteroatoms. The first-order valence-corrected chi connectivity index (χ1v) is 7.08. The highest BCUT2D eigenvalue weighted by Crippen LogP contribution is 2.11. The molecule has 2 aromatic rings. The maximum Gasteiger partial charge on any atom is 0.123 e. The van der Waals surface area contributed by atoms with Gasteiger partial charge in [-0.05, 0) is 56.0 Å². The molecular formula is C18H22FN. The highest BCUT2D eigenvalue weighted by atomic mass is 19.1. The van der Waals surface area contributed by atoms with Crippen molar-refractivity contribution in [3.8, 4) is 0 Å². The van der Waals surface area contributed by atoms with Crippen LogP contribution in [0.2, 0.25) is 0 Å². The van der Waals surface area contributed by atoms with Crippen LogP contribution in [0.5, 0.6) is 0 Å². The summed E-state index contributed by atoms with van der Waals surface area (Å²) in [7, 11) is 0. The lowest BCUT2D eigenvalue weighted by Crippen LogP contribution is -2.27. The molecule has 0 heterocycles. The van der Waals surface area contributed by atoms with E-state index < -0.39 is 0 Å². The van der Waals surface area contributed by atoms with Crippen molar-refractivity contribution in [3.63, 3.8) is 0 Å². The second-order valence-electron chi connectivity index (χ2n) is 5.54. The summed E-state index contributed by atoms with van der Waals surface area (Å²) < 4.78 is 12.9. The van der Waals surface area contributed by atoms with E-state index in [1.807, 2.05) is 12.1 Å². The van der Waals surface area contributed by atoms with E-state index in [-0.39, 0.29) is 5.82 Å². The van der Waals surface area contributed by atoms with E-state index in [4.69, 9.17) is 0 Å². The number of aryl methyl sites for hydroxylation is 2. The quantitative estimate of drug-likeness (QED) is 0.861. The van der Waals surface area contributed by atoms with Crippen LogP contribution in [-0.4, -0.2) is 6.04 Å². The Labute approximate surface area is 120 Å². The van der Waals surface area contributed by atoms with Gasteiger partial charge in [-0.25, -0.2) is 4.39 Å². The predicted molar refractivity (Wildman–Crippen MR) is 82.3 cm³/mol. The number of rotatable bonds is 5. The molecule has 0 bridgehead atoms. The van der Waals surface area contributed by atoms with Crippen LogP contribution < -0.4 is 5.32 Å². The number of benzene rings is 2. The molecule has 1 atom stereocenters. The molecular weight excluding hydrogens is 249 g/mol. The Kier molecular flexibility index (Phi) is 4.91. The standard InChI is InChI=1S/C18H22FN/c1-13-4-5-14(2)17(10-13)12-20-15(3)11-16-6-8-18(19)9-7-16/h4-10,15,20H,11-12H2,1-3H3. The Hall–Kier alpha value is -1.67. The van der Waals surface area contributed by atoms with Crippen molar-refractivity contribution >= 4 is 0 Å². The molecule has 1 N–H and O–H groups in total. The van der Waals surface area contributed by atoms with Crippen LogP contribution in [0, 0.1) is 19.7 Å². The normalized spacial score (nSPS) is 12.4. The van der Waals surface area contributed by atoms with E-state index in [0.29, 0.717) is 6.04 Å². The summed E-state index contributed by atoms with van der Waals surface area (Å²) in [5, 5.41) is 3.54. The summed E-state index contributed by atoms with van der Waals surface area (Å²) >= 11 is 0. The third-order valence-electron chi connectivity index (χ3n) is 3.60. The van der Waals surface area contributed by atoms with Crippen LogP contribution in [-0.2, 0) is 13.0 Å². The molecule has 2 rings (SSSR count). The van der Waals surface area contributed by atoms with E-state index in [2.05, 4.69) is 44.3 Å². The van der Waals surface area contributed by atoms with E-state index in [1.54, 1.807) is 0 Å². The molecule has 0 spiro atoms. The van der Waals surface area contributed by atoms with Crippen LogP contribution in [0.4, 0.5) is 4.39 Å². The molecule has 0 amide bonds. The Morgan fingerprint density at radius 2 is 1.75 bits per heavy atom. The third kappa shape index (κ3) is 4.17. The predicted octanol–water partition coefficient (Wildman–Crippen LogP) is 4.16. The van der Waals surface area contributed by atoms with Gasteiger partial charge in [0.15, 0.2) is 0 Å². The molecule has 0 aromatic heterocycles. The lowest BCUT2D eigenvalue weighted by atomic mass is 10.0. The van der Waals surface area contributed by atoms with Crippen molar-refractivity contribution in [1.82, 2.24) is 5.32 Å². The SMILES string of the molecule is Cc1ccc(C)c(CNC(C)Cc2ccc(F)cc2)c1. The zero-order valence-corrected chi connectivity index (χ0v) is 12.4. The first kappa shape index (κ1) is 14.7. The number of halogens is 1. The van der Waals surface area contributed by atoms with Crippen molar-refractivity contribution < 1.29 is 4.39 Å². The van der Waals surface area contributed by atoms with E-state index in [0.717, 1.165) is 18.5 Å². The van der Waals surface area contributed by atoms with Gasteiger partial charge in [0, 0.05) is 12.6 Å². The van der Waals surface area contributed by atoms with Gasteiger partial charge < -0.3 is 5.32 Å². The summed E-state index contributed by atoms with van der Waals surface area (Å²) in [6.07, 6.45) is 0.908. The summed E-state index contributed by atoms with van der Waals surface area (Å²) in [6.45, 7) is 7.29. The highest BCUT2D eigenvalue weighted by Gasteiger charge is 2.05. The van der Waals surface area contributed by atoms with Gasteiger partial charge in [0.25, 0.3) is 0 Å². The van der Waals surface area contributed by atoms with Crippen LogP contribution in [0.1, 0.15) is 29.2 Å². The van der Waals surface area contributed by atoms with Crippen molar-refractivity contribution in [2.45, 2.75) is 39.8 Å². The second kappa shape index (κ2) is 6.67. The maximum absolute atomic E-state index is 12.9. The smallest absolute Gasteiger partial charge is 0.123 e. The molecule has 0 saturated heterocycles. The fourth-order valence-corrected chi connectivity index (χ4v) is 2.32. The van der Waals surface area contributed by atoms with Crippen LogP contribution >= 0.6 is 0 Å². The van der Waals surface area contributed by atoms with E-state index in [9.17, 15) is 4.39 Å². The lowest BCUT2D eigenvalue weighted by molar-refractivity contribution is 0.543. The molecule has 0 aliphatic carbocycles. The highest BCUT2D eigenvalue weighted by molar-refractivity contribution is 5.30. The van der Waals surface area contributed by atoms with Gasteiger partial charge >= 0.3 is 0 Å². The first-order valence-electron chi connectivity index (χ1n) is 7.08. The largest absolute Gasteiger partial charge is 0.310 e. The zero-order chi connectivity index (χ0) is 14.5. The monoisotopic (exact) mass is 271 g/mol. The fourth-order valence-electron chi connectivity index (χ4n) is 2.32. The molecule has 106 valence electrons. The molecule has 0 fully saturated rings. The van der Waals surface area contributed by atoms with Gasteiger partial charge in [0.05, 0.1) is 0 Å². The molecule has 1 unspecified atom stereocenters. The average Bonchev–Trinajstić information content (AvgIpc) is 2.42. The van der Waals surface area contributed by atoms with E-state index in [1.165, 1.54) is 28.8 Å². The van der Waals surface area contributed by atoms with E-state index >= 15 is 0 Å². The minimum absolute atomic E-state index is 0.176. The van der Waals surface area contributed by atoms with Gasteiger partial charge in [0.1, 0.15) is 5.82 Å². The van der Waals surface area contributed by atoms with Crippen molar-refractivity contribution in [2.24, 2.45) is 0 Å². The third-order valence-corrected chi connectivity index (χ3v) is 3.60. The molecule has 0 aliphatic rings. The Morgan fingerprint density at radius 3 is 2.45 bits per heavy atom. The summed E-state index contributed by atoms with van der Waals surface area (Å²) in [6, 6.07) is 13.6. The van der Waals surface area contributed by atoms with Gasteiger partial charge in [-0.2, -0.15) is 0 Å². The summed E-state index contributed by atoms with van der Waals surface area (Å²) in [5.41, 5.74) is 5.11. The minimum atomic E-state index is -0.176. The van der Waals surface area contributed by atoms with Gasteiger partial charge in [-0.15, -0.1) is 0 Å². The van der Waals surface area contributed by atoms with Gasteiger partial charge in [-0.3, -0.25) is 0 Å². The van der Waals surface area contributed by atoms with Crippen LogP contribution in [0.3, 0.4) is 0 Å². The van der Waals surface area contributed by atoms with Gasteiger partial charge in [0.2, 0.25) is 0 Å². The molecule has 1 nitrogen and oxygen atoms in total. The Balaban J connectivity index is 1.90. The topological polar surface area (TPSA) is 12.0 Å². The zero-order valence-electron chi connectivity index (χ0n) is 12.4. The average molecular weight is 271 g/mol. The molecule has 0 aliphatic heterocycles. The second-order valence-corrected chi connectivity index (χ2v) is 5.54.